The number of nitrogens with zero attached hydrogens (tertiary/aromatic N) is 1. The average molecular weight is 518 g/mol. The zero-order valence-electron chi connectivity index (χ0n) is 21.4. The number of likely N-dealkylation sites (tertiary alicyclic amines) is 1. The van der Waals surface area contributed by atoms with Crippen LogP contribution in [-0.2, 0) is 25.7 Å². The number of fused-ring (bicyclic) bond motifs is 1. The molecule has 38 heavy (non-hydrogen) atoms. The van der Waals surface area contributed by atoms with Crippen LogP contribution in [0.5, 0.6) is 0 Å². The summed E-state index contributed by atoms with van der Waals surface area (Å²) in [6.45, 7) is 2.09. The van der Waals surface area contributed by atoms with Crippen LogP contribution in [0.3, 0.4) is 0 Å². The third-order valence-electron chi connectivity index (χ3n) is 8.46. The standard InChI is InChI=1S/C30H32FN3O4/c1-18-7-13-22(14-8-18)32-27(35)24-23-15-16-30(38-23)25(24)29(37)34(17-19-9-11-20(31)12-10-19)26(30)28(36)33-21-5-3-2-4-6-21/h7-16,21,23-26H,2-6,17H2,1H3,(H,32,35)(H,33,36)/t23-,24-,25-,26+,30-/m1/s1. The second kappa shape index (κ2) is 9.66. The van der Waals surface area contributed by atoms with Gasteiger partial charge in [-0.05, 0) is 49.6 Å². The lowest BCUT2D eigenvalue weighted by molar-refractivity contribution is -0.142. The number of carbonyl (C=O) groups is 3. The predicted octanol–water partition coefficient (Wildman–Crippen LogP) is 3.87. The monoisotopic (exact) mass is 517 g/mol. The molecule has 6 rings (SSSR count). The largest absolute Gasteiger partial charge is 0.359 e. The molecule has 3 heterocycles. The number of amides is 3. The zero-order chi connectivity index (χ0) is 26.4. The summed E-state index contributed by atoms with van der Waals surface area (Å²) in [5.74, 6) is -2.84. The van der Waals surface area contributed by atoms with Gasteiger partial charge >= 0.3 is 0 Å². The van der Waals surface area contributed by atoms with E-state index in [9.17, 15) is 18.8 Å². The van der Waals surface area contributed by atoms with Gasteiger partial charge in [-0.25, -0.2) is 4.39 Å². The maximum absolute atomic E-state index is 14.0. The van der Waals surface area contributed by atoms with Crippen LogP contribution in [0.4, 0.5) is 10.1 Å². The molecule has 0 aromatic heterocycles. The van der Waals surface area contributed by atoms with Crippen LogP contribution < -0.4 is 10.6 Å². The first-order valence-corrected chi connectivity index (χ1v) is 13.5. The molecule has 3 amide bonds. The summed E-state index contributed by atoms with van der Waals surface area (Å²) in [5, 5.41) is 6.12. The van der Waals surface area contributed by atoms with Gasteiger partial charge in [-0.2, -0.15) is 0 Å². The summed E-state index contributed by atoms with van der Waals surface area (Å²) in [5.41, 5.74) is 1.19. The Morgan fingerprint density at radius 1 is 1.03 bits per heavy atom. The van der Waals surface area contributed by atoms with Gasteiger partial charge in [-0.1, -0.05) is 61.2 Å². The Morgan fingerprint density at radius 3 is 2.45 bits per heavy atom. The fourth-order valence-corrected chi connectivity index (χ4v) is 6.61. The molecule has 8 heteroatoms. The molecule has 2 saturated heterocycles. The Kier molecular flexibility index (Phi) is 6.30. The van der Waals surface area contributed by atoms with Crippen LogP contribution in [0.15, 0.2) is 60.7 Å². The molecule has 5 atom stereocenters. The Balaban J connectivity index is 1.32. The first kappa shape index (κ1) is 24.8. The first-order chi connectivity index (χ1) is 18.4. The minimum absolute atomic E-state index is 0.0534. The summed E-state index contributed by atoms with van der Waals surface area (Å²) in [6, 6.07) is 12.5. The van der Waals surface area contributed by atoms with Crippen molar-refractivity contribution in [3.05, 3.63) is 77.6 Å². The summed E-state index contributed by atoms with van der Waals surface area (Å²) in [6.07, 6.45) is 8.11. The number of aryl methyl sites for hydroxylation is 1. The number of hydrogen-bond donors (Lipinski definition) is 2. The van der Waals surface area contributed by atoms with E-state index < -0.39 is 29.6 Å². The molecule has 4 aliphatic rings. The van der Waals surface area contributed by atoms with E-state index >= 15 is 0 Å². The van der Waals surface area contributed by atoms with Crippen molar-refractivity contribution in [3.63, 3.8) is 0 Å². The highest BCUT2D eigenvalue weighted by Crippen LogP contribution is 2.55. The number of carbonyl (C=O) groups excluding carboxylic acids is 3. The number of ether oxygens (including phenoxy) is 1. The van der Waals surface area contributed by atoms with Crippen LogP contribution >= 0.6 is 0 Å². The number of hydrogen-bond acceptors (Lipinski definition) is 4. The lowest BCUT2D eigenvalue weighted by atomic mass is 9.74. The van der Waals surface area contributed by atoms with E-state index in [-0.39, 0.29) is 36.1 Å². The number of anilines is 1. The molecule has 7 nitrogen and oxygen atoms in total. The van der Waals surface area contributed by atoms with Gasteiger partial charge in [0.15, 0.2) is 0 Å². The van der Waals surface area contributed by atoms with E-state index in [4.69, 9.17) is 4.74 Å². The third kappa shape index (κ3) is 4.21. The summed E-state index contributed by atoms with van der Waals surface area (Å²) >= 11 is 0. The van der Waals surface area contributed by atoms with Crippen molar-refractivity contribution < 1.29 is 23.5 Å². The second-order valence-electron chi connectivity index (χ2n) is 11.0. The van der Waals surface area contributed by atoms with E-state index in [1.807, 2.05) is 43.3 Å². The van der Waals surface area contributed by atoms with Gasteiger partial charge in [0, 0.05) is 18.3 Å². The van der Waals surface area contributed by atoms with Crippen LogP contribution in [-0.4, -0.2) is 46.4 Å². The van der Waals surface area contributed by atoms with Gasteiger partial charge in [0.1, 0.15) is 17.5 Å². The molecular formula is C30H32FN3O4. The third-order valence-corrected chi connectivity index (χ3v) is 8.46. The topological polar surface area (TPSA) is 87.7 Å². The minimum atomic E-state index is -1.23. The normalized spacial score (nSPS) is 29.9. The molecule has 2 aromatic carbocycles. The van der Waals surface area contributed by atoms with Crippen molar-refractivity contribution in [2.24, 2.45) is 11.8 Å². The van der Waals surface area contributed by atoms with E-state index in [2.05, 4.69) is 10.6 Å². The van der Waals surface area contributed by atoms with Gasteiger partial charge in [-0.15, -0.1) is 0 Å². The number of nitrogens with one attached hydrogen (secondary N) is 2. The number of rotatable bonds is 6. The molecule has 1 aliphatic carbocycles. The van der Waals surface area contributed by atoms with E-state index in [1.54, 1.807) is 12.1 Å². The van der Waals surface area contributed by atoms with E-state index in [0.29, 0.717) is 11.3 Å². The number of halogens is 1. The molecular weight excluding hydrogens is 485 g/mol. The van der Waals surface area contributed by atoms with Crippen molar-refractivity contribution in [1.29, 1.82) is 0 Å². The van der Waals surface area contributed by atoms with Gasteiger partial charge < -0.3 is 20.3 Å². The fraction of sp³-hybridized carbons (Fsp3) is 0.433. The van der Waals surface area contributed by atoms with Crippen molar-refractivity contribution in [2.45, 2.75) is 69.4 Å². The van der Waals surface area contributed by atoms with Crippen molar-refractivity contribution in [1.82, 2.24) is 10.2 Å². The van der Waals surface area contributed by atoms with Crippen LogP contribution in [0.1, 0.15) is 43.2 Å². The molecule has 3 fully saturated rings. The summed E-state index contributed by atoms with van der Waals surface area (Å²) < 4.78 is 20.0. The summed E-state index contributed by atoms with van der Waals surface area (Å²) in [4.78, 5) is 43.0. The van der Waals surface area contributed by atoms with Crippen LogP contribution in [0.2, 0.25) is 0 Å². The first-order valence-electron chi connectivity index (χ1n) is 13.5. The summed E-state index contributed by atoms with van der Waals surface area (Å²) in [7, 11) is 0. The smallest absolute Gasteiger partial charge is 0.246 e. The van der Waals surface area contributed by atoms with E-state index in [1.165, 1.54) is 17.0 Å². The molecule has 0 radical (unpaired) electrons. The van der Waals surface area contributed by atoms with Gasteiger partial charge in [0.25, 0.3) is 0 Å². The lowest BCUT2D eigenvalue weighted by Crippen LogP contribution is -2.56. The Bertz CT molecular complexity index is 1270. The van der Waals surface area contributed by atoms with Gasteiger partial charge in [0.2, 0.25) is 17.7 Å². The Morgan fingerprint density at radius 2 is 1.74 bits per heavy atom. The molecule has 2 N–H and O–H groups in total. The highest BCUT2D eigenvalue weighted by molar-refractivity contribution is 6.02. The van der Waals surface area contributed by atoms with Gasteiger partial charge in [0.05, 0.1) is 17.9 Å². The molecule has 1 saturated carbocycles. The van der Waals surface area contributed by atoms with Gasteiger partial charge in [-0.3, -0.25) is 14.4 Å². The minimum Gasteiger partial charge on any atom is -0.359 e. The fourth-order valence-electron chi connectivity index (χ4n) is 6.61. The highest BCUT2D eigenvalue weighted by atomic mass is 19.1. The molecule has 1 spiro atoms. The molecule has 2 bridgehead atoms. The Labute approximate surface area is 221 Å². The molecule has 3 aliphatic heterocycles. The zero-order valence-corrected chi connectivity index (χ0v) is 21.4. The van der Waals surface area contributed by atoms with E-state index in [0.717, 1.165) is 37.7 Å². The highest BCUT2D eigenvalue weighted by Gasteiger charge is 2.72. The van der Waals surface area contributed by atoms with Crippen molar-refractivity contribution in [2.75, 3.05) is 5.32 Å². The maximum Gasteiger partial charge on any atom is 0.246 e. The predicted molar refractivity (Wildman–Crippen MR) is 139 cm³/mol. The van der Waals surface area contributed by atoms with Crippen molar-refractivity contribution in [3.8, 4) is 0 Å². The average Bonchev–Trinajstić information content (AvgIpc) is 3.55. The second-order valence-corrected chi connectivity index (χ2v) is 11.0. The molecule has 2 aromatic rings. The SMILES string of the molecule is Cc1ccc(NC(=O)[C@@H]2[C@H]3C=C[C@]4(O3)[C@H](C(=O)NC3CCCCC3)N(Cc3ccc(F)cc3)C(=O)[C@@H]24)cc1. The lowest BCUT2D eigenvalue weighted by Gasteiger charge is -2.34. The van der Waals surface area contributed by atoms with Crippen molar-refractivity contribution >= 4 is 23.4 Å². The molecule has 198 valence electrons. The van der Waals surface area contributed by atoms with Crippen LogP contribution in [0, 0.1) is 24.6 Å². The Hall–Kier alpha value is -3.52. The van der Waals surface area contributed by atoms with Crippen LogP contribution in [0.25, 0.3) is 0 Å². The number of benzene rings is 2. The quantitative estimate of drug-likeness (QED) is 0.570. The molecule has 0 unspecified atom stereocenters. The maximum atomic E-state index is 14.0.